The summed E-state index contributed by atoms with van der Waals surface area (Å²) in [5.41, 5.74) is 1.04. The van der Waals surface area contributed by atoms with Crippen molar-refractivity contribution < 1.29 is 43.2 Å². The molecule has 2 N–H and O–H groups in total. The number of amides is 2. The number of nitrogens with zero attached hydrogens (tertiary/aromatic N) is 1. The van der Waals surface area contributed by atoms with Crippen LogP contribution < -0.4 is 19.7 Å². The van der Waals surface area contributed by atoms with Crippen molar-refractivity contribution in [2.45, 2.75) is 65.1 Å². The van der Waals surface area contributed by atoms with Crippen LogP contribution in [0.3, 0.4) is 0 Å². The minimum Gasteiger partial charge on any atom is -0.493 e. The predicted molar refractivity (Wildman–Crippen MR) is 164 cm³/mol. The number of methoxy groups -OCH3 is 2. The quantitative estimate of drug-likeness (QED) is 0.207. The molecule has 2 aromatic rings. The van der Waals surface area contributed by atoms with Crippen LogP contribution in [0.5, 0.6) is 11.5 Å². The lowest BCUT2D eigenvalue weighted by Crippen LogP contribution is -2.47. The van der Waals surface area contributed by atoms with Crippen LogP contribution >= 0.6 is 11.6 Å². The van der Waals surface area contributed by atoms with Gasteiger partial charge in [0.15, 0.2) is 11.5 Å². The topological polar surface area (TPSA) is 141 Å². The van der Waals surface area contributed by atoms with E-state index in [1.807, 2.05) is 13.8 Å². The maximum Gasteiger partial charge on any atom is 0.303 e. The van der Waals surface area contributed by atoms with Gasteiger partial charge in [-0.15, -0.1) is 0 Å². The highest BCUT2D eigenvalue weighted by Gasteiger charge is 2.41. The highest BCUT2D eigenvalue weighted by atomic mass is 35.5. The van der Waals surface area contributed by atoms with Crippen LogP contribution in [0.4, 0.5) is 5.69 Å². The number of hydrogen-bond acceptors (Lipinski definition) is 8. The number of carboxylic acids is 1. The van der Waals surface area contributed by atoms with E-state index < -0.39 is 35.5 Å². The van der Waals surface area contributed by atoms with Gasteiger partial charge in [-0.25, -0.2) is 0 Å². The number of carbonyl (C=O) groups excluding carboxylic acids is 3. The lowest BCUT2D eigenvalue weighted by Gasteiger charge is -2.33. The number of hydrogen-bond donors (Lipinski definition) is 2. The van der Waals surface area contributed by atoms with Crippen molar-refractivity contribution >= 4 is 41.0 Å². The molecule has 0 saturated heterocycles. The molecule has 0 saturated carbocycles. The zero-order valence-electron chi connectivity index (χ0n) is 25.8. The third kappa shape index (κ3) is 9.33. The molecule has 1 aliphatic heterocycles. The van der Waals surface area contributed by atoms with Crippen molar-refractivity contribution in [3.8, 4) is 11.5 Å². The number of rotatable bonds is 15. The molecule has 2 atom stereocenters. The Labute approximate surface area is 262 Å². The molecule has 2 aromatic carbocycles. The fourth-order valence-corrected chi connectivity index (χ4v) is 5.22. The first kappa shape index (κ1) is 34.7. The van der Waals surface area contributed by atoms with Crippen molar-refractivity contribution in [1.82, 2.24) is 5.32 Å². The number of anilines is 1. The Morgan fingerprint density at radius 2 is 1.82 bits per heavy atom. The summed E-state index contributed by atoms with van der Waals surface area (Å²) < 4.78 is 23.0. The summed E-state index contributed by atoms with van der Waals surface area (Å²) in [6, 6.07) is 10.5. The smallest absolute Gasteiger partial charge is 0.303 e. The molecule has 44 heavy (non-hydrogen) atoms. The van der Waals surface area contributed by atoms with Crippen molar-refractivity contribution in [2.24, 2.45) is 5.41 Å². The summed E-state index contributed by atoms with van der Waals surface area (Å²) in [5, 5.41) is 12.1. The number of nitrogens with one attached hydrogen (secondary N) is 1. The Morgan fingerprint density at radius 3 is 2.48 bits per heavy atom. The molecule has 0 bridgehead atoms. The van der Waals surface area contributed by atoms with E-state index in [1.165, 1.54) is 21.1 Å². The molecule has 1 heterocycles. The van der Waals surface area contributed by atoms with Gasteiger partial charge in [-0.1, -0.05) is 44.0 Å². The lowest BCUT2D eigenvalue weighted by molar-refractivity contribution is -0.144. The van der Waals surface area contributed by atoms with Gasteiger partial charge in [0.1, 0.15) is 12.2 Å². The first-order chi connectivity index (χ1) is 20.9. The number of esters is 1. The number of aliphatic carboxylic acids is 1. The van der Waals surface area contributed by atoms with E-state index in [-0.39, 0.29) is 31.9 Å². The second-order valence-electron chi connectivity index (χ2n) is 11.4. The van der Waals surface area contributed by atoms with Crippen LogP contribution in [0.15, 0.2) is 36.4 Å². The number of unbranched alkanes of at least 4 members (excludes halogenated alkanes) is 2. The molecule has 0 spiro atoms. The number of halogens is 1. The van der Waals surface area contributed by atoms with E-state index in [1.54, 1.807) is 41.3 Å². The van der Waals surface area contributed by atoms with Gasteiger partial charge in [0.2, 0.25) is 5.91 Å². The van der Waals surface area contributed by atoms with Crippen LogP contribution in [-0.4, -0.2) is 68.9 Å². The Hall–Kier alpha value is -3.83. The summed E-state index contributed by atoms with van der Waals surface area (Å²) in [6.45, 7) is 5.63. The number of carboxylic acid groups (broad SMARTS) is 1. The molecular weight excluding hydrogens is 592 g/mol. The van der Waals surface area contributed by atoms with Crippen LogP contribution in [0.25, 0.3) is 0 Å². The molecule has 1 aliphatic rings. The standard InChI is InChI=1S/C32H41ClN2O9/c1-20(36)43-19-32(2,3)18-35-24-14-13-21(33)16-23(24)29(22-10-9-11-25(41-4)30(22)42-5)44-26(31(35)40)17-27(37)34-15-8-6-7-12-28(38)39/h9-11,13-14,16,26,29H,6-8,12,15,17-19H2,1-5H3,(H,34,37)(H,38,39)/t26-,29-/m1/s1. The van der Waals surface area contributed by atoms with E-state index in [0.29, 0.717) is 59.1 Å². The van der Waals surface area contributed by atoms with Gasteiger partial charge < -0.3 is 34.3 Å². The molecule has 2 amide bonds. The van der Waals surface area contributed by atoms with Crippen molar-refractivity contribution in [2.75, 3.05) is 38.8 Å². The molecule has 12 heteroatoms. The SMILES string of the molecule is COc1cccc([C@H]2O[C@H](CC(=O)NCCCCCC(=O)O)C(=O)N(CC(C)(C)COC(C)=O)c3ccc(Cl)cc32)c1OC. The second-order valence-corrected chi connectivity index (χ2v) is 11.9. The molecule has 0 aliphatic carbocycles. The molecule has 240 valence electrons. The third-order valence-electron chi connectivity index (χ3n) is 7.13. The molecule has 0 fully saturated rings. The van der Waals surface area contributed by atoms with Gasteiger partial charge in [-0.05, 0) is 37.1 Å². The van der Waals surface area contributed by atoms with E-state index >= 15 is 0 Å². The zero-order valence-corrected chi connectivity index (χ0v) is 26.6. The van der Waals surface area contributed by atoms with Gasteiger partial charge in [0, 0.05) is 53.7 Å². The summed E-state index contributed by atoms with van der Waals surface area (Å²) in [7, 11) is 3.03. The van der Waals surface area contributed by atoms with Gasteiger partial charge in [0.05, 0.1) is 27.2 Å². The number of benzene rings is 2. The van der Waals surface area contributed by atoms with E-state index in [0.717, 1.165) is 0 Å². The summed E-state index contributed by atoms with van der Waals surface area (Å²) in [6.07, 6.45) is -0.501. The molecule has 3 rings (SSSR count). The Bertz CT molecular complexity index is 1350. The average Bonchev–Trinajstić information content (AvgIpc) is 3.07. The number of para-hydroxylation sites is 1. The van der Waals surface area contributed by atoms with Crippen molar-refractivity contribution in [3.63, 3.8) is 0 Å². The first-order valence-corrected chi connectivity index (χ1v) is 14.8. The highest BCUT2D eigenvalue weighted by molar-refractivity contribution is 6.30. The van der Waals surface area contributed by atoms with Gasteiger partial charge in [-0.2, -0.15) is 0 Å². The first-order valence-electron chi connectivity index (χ1n) is 14.5. The van der Waals surface area contributed by atoms with E-state index in [4.69, 9.17) is 35.7 Å². The van der Waals surface area contributed by atoms with Crippen LogP contribution in [-0.2, 0) is 28.7 Å². The normalized spacial score (nSPS) is 16.5. The van der Waals surface area contributed by atoms with Gasteiger partial charge in [0.25, 0.3) is 5.91 Å². The van der Waals surface area contributed by atoms with Crippen molar-refractivity contribution in [1.29, 1.82) is 0 Å². The van der Waals surface area contributed by atoms with Crippen LogP contribution in [0.2, 0.25) is 5.02 Å². The highest BCUT2D eigenvalue weighted by Crippen LogP contribution is 2.45. The third-order valence-corrected chi connectivity index (χ3v) is 7.37. The molecule has 0 radical (unpaired) electrons. The molecule has 0 aromatic heterocycles. The Balaban J connectivity index is 2.01. The largest absolute Gasteiger partial charge is 0.493 e. The minimum atomic E-state index is -1.20. The summed E-state index contributed by atoms with van der Waals surface area (Å²) in [4.78, 5) is 51.2. The molecule has 11 nitrogen and oxygen atoms in total. The zero-order chi connectivity index (χ0) is 32.4. The van der Waals surface area contributed by atoms with Gasteiger partial charge in [-0.3, -0.25) is 19.2 Å². The Morgan fingerprint density at radius 1 is 1.07 bits per heavy atom. The van der Waals surface area contributed by atoms with E-state index in [9.17, 15) is 19.2 Å². The Kier molecular flexibility index (Phi) is 12.4. The van der Waals surface area contributed by atoms with Gasteiger partial charge >= 0.3 is 11.9 Å². The lowest BCUT2D eigenvalue weighted by atomic mass is 9.92. The van der Waals surface area contributed by atoms with Crippen molar-refractivity contribution in [3.05, 3.63) is 52.5 Å². The minimum absolute atomic E-state index is 0.0655. The van der Waals surface area contributed by atoms with Crippen LogP contribution in [0.1, 0.15) is 70.1 Å². The molecule has 0 unspecified atom stereocenters. The number of ether oxygens (including phenoxy) is 4. The number of carbonyl (C=O) groups is 4. The van der Waals surface area contributed by atoms with E-state index in [2.05, 4.69) is 5.32 Å². The maximum absolute atomic E-state index is 14.2. The number of fused-ring (bicyclic) bond motifs is 1. The van der Waals surface area contributed by atoms with Crippen LogP contribution in [0, 0.1) is 5.41 Å². The fraction of sp³-hybridized carbons (Fsp3) is 0.500. The summed E-state index contributed by atoms with van der Waals surface area (Å²) in [5.74, 6) is -1.25. The molecular formula is C32H41ClN2O9. The second kappa shape index (κ2) is 15.8. The predicted octanol–water partition coefficient (Wildman–Crippen LogP) is 4.92. The fourth-order valence-electron chi connectivity index (χ4n) is 5.04. The monoisotopic (exact) mass is 632 g/mol. The summed E-state index contributed by atoms with van der Waals surface area (Å²) >= 11 is 6.48. The maximum atomic E-state index is 14.2. The average molecular weight is 633 g/mol.